The van der Waals surface area contributed by atoms with Crippen molar-refractivity contribution < 1.29 is 0 Å². The summed E-state index contributed by atoms with van der Waals surface area (Å²) in [6.45, 7) is 2.11. The van der Waals surface area contributed by atoms with E-state index in [0.717, 1.165) is 12.2 Å². The number of imidazole rings is 1. The Morgan fingerprint density at radius 2 is 2.24 bits per heavy atom. The maximum absolute atomic E-state index is 6.27. The van der Waals surface area contributed by atoms with E-state index < -0.39 is 0 Å². The fourth-order valence-corrected chi connectivity index (χ4v) is 2.62. The highest BCUT2D eigenvalue weighted by atomic mass is 127. The number of halogens is 1. The van der Waals surface area contributed by atoms with E-state index in [9.17, 15) is 0 Å². The number of aryl methyl sites for hydroxylation is 2. The van der Waals surface area contributed by atoms with Gasteiger partial charge in [-0.3, -0.25) is 0 Å². The third-order valence-electron chi connectivity index (χ3n) is 2.94. The normalized spacial score (nSPS) is 12.7. The molecule has 3 nitrogen and oxygen atoms in total. The van der Waals surface area contributed by atoms with Gasteiger partial charge in [-0.1, -0.05) is 18.2 Å². The van der Waals surface area contributed by atoms with E-state index in [1.165, 1.54) is 14.7 Å². The lowest BCUT2D eigenvalue weighted by molar-refractivity contribution is 0.656. The first kappa shape index (κ1) is 12.6. The van der Waals surface area contributed by atoms with Crippen LogP contribution in [-0.2, 0) is 13.5 Å². The molecular weight excluding hydrogens is 325 g/mol. The molecule has 0 spiro atoms. The number of aromatic nitrogens is 2. The first-order valence-corrected chi connectivity index (χ1v) is 6.64. The smallest absolute Gasteiger partial charge is 0.110 e. The molecule has 4 heteroatoms. The minimum atomic E-state index is 0.00269. The summed E-state index contributed by atoms with van der Waals surface area (Å²) in [4.78, 5) is 4.31. The molecule has 2 N–H and O–H groups in total. The van der Waals surface area contributed by atoms with E-state index in [1.54, 1.807) is 0 Å². The molecule has 0 saturated heterocycles. The van der Waals surface area contributed by atoms with Gasteiger partial charge in [0.25, 0.3) is 0 Å². The summed E-state index contributed by atoms with van der Waals surface area (Å²) in [5.74, 6) is 1.02. The van der Waals surface area contributed by atoms with Crippen LogP contribution in [0.3, 0.4) is 0 Å². The standard InChI is InChI=1S/C13H16IN3/c1-9-4-3-5-10(13(9)14)11(15)8-12-16-6-7-17(12)2/h3-7,11H,8,15H2,1-2H3. The molecule has 90 valence electrons. The topological polar surface area (TPSA) is 43.8 Å². The molecule has 0 bridgehead atoms. The van der Waals surface area contributed by atoms with Crippen molar-refractivity contribution in [2.45, 2.75) is 19.4 Å². The first-order chi connectivity index (χ1) is 8.09. The molecule has 17 heavy (non-hydrogen) atoms. The molecular formula is C13H16IN3. The Morgan fingerprint density at radius 1 is 1.47 bits per heavy atom. The molecule has 0 radical (unpaired) electrons. The molecule has 1 atom stereocenters. The van der Waals surface area contributed by atoms with Crippen molar-refractivity contribution in [2.24, 2.45) is 12.8 Å². The zero-order valence-electron chi connectivity index (χ0n) is 10.0. The number of rotatable bonds is 3. The van der Waals surface area contributed by atoms with E-state index in [2.05, 4.69) is 52.7 Å². The average molecular weight is 341 g/mol. The molecule has 2 rings (SSSR count). The lowest BCUT2D eigenvalue weighted by Crippen LogP contribution is -2.17. The van der Waals surface area contributed by atoms with Crippen LogP contribution in [-0.4, -0.2) is 9.55 Å². The predicted octanol–water partition coefficient (Wildman–Crippen LogP) is 2.58. The largest absolute Gasteiger partial charge is 0.338 e. The summed E-state index contributed by atoms with van der Waals surface area (Å²) in [6, 6.07) is 6.27. The Morgan fingerprint density at radius 3 is 2.88 bits per heavy atom. The molecule has 0 aliphatic heterocycles. The monoisotopic (exact) mass is 341 g/mol. The third kappa shape index (κ3) is 2.69. The van der Waals surface area contributed by atoms with E-state index in [0.29, 0.717) is 0 Å². The van der Waals surface area contributed by atoms with Gasteiger partial charge in [-0.25, -0.2) is 4.98 Å². The summed E-state index contributed by atoms with van der Waals surface area (Å²) >= 11 is 2.36. The third-order valence-corrected chi connectivity index (χ3v) is 4.42. The maximum atomic E-state index is 6.27. The molecule has 0 saturated carbocycles. The van der Waals surface area contributed by atoms with Crippen LogP contribution >= 0.6 is 22.6 Å². The fourth-order valence-electron chi connectivity index (χ4n) is 1.86. The Bertz CT molecular complexity index is 519. The second-order valence-corrected chi connectivity index (χ2v) is 5.32. The Hall–Kier alpha value is -0.880. The lowest BCUT2D eigenvalue weighted by atomic mass is 10.0. The quantitative estimate of drug-likeness (QED) is 0.872. The van der Waals surface area contributed by atoms with Gasteiger partial charge in [-0.2, -0.15) is 0 Å². The van der Waals surface area contributed by atoms with E-state index in [4.69, 9.17) is 5.73 Å². The van der Waals surface area contributed by atoms with Gasteiger partial charge in [0.05, 0.1) is 0 Å². The second kappa shape index (κ2) is 5.18. The van der Waals surface area contributed by atoms with Gasteiger partial charge in [0, 0.05) is 35.5 Å². The van der Waals surface area contributed by atoms with Crippen LogP contribution in [0.5, 0.6) is 0 Å². The van der Waals surface area contributed by atoms with Gasteiger partial charge in [-0.15, -0.1) is 0 Å². The van der Waals surface area contributed by atoms with E-state index in [-0.39, 0.29) is 6.04 Å². The Balaban J connectivity index is 2.23. The van der Waals surface area contributed by atoms with Crippen LogP contribution in [0, 0.1) is 10.5 Å². The molecule has 1 heterocycles. The number of hydrogen-bond donors (Lipinski definition) is 1. The highest BCUT2D eigenvalue weighted by Gasteiger charge is 2.13. The first-order valence-electron chi connectivity index (χ1n) is 5.56. The maximum Gasteiger partial charge on any atom is 0.110 e. The summed E-state index contributed by atoms with van der Waals surface area (Å²) in [5, 5.41) is 0. The highest BCUT2D eigenvalue weighted by molar-refractivity contribution is 14.1. The Kier molecular flexibility index (Phi) is 3.83. The van der Waals surface area contributed by atoms with E-state index >= 15 is 0 Å². The molecule has 0 aliphatic carbocycles. The van der Waals surface area contributed by atoms with Gasteiger partial charge in [0.15, 0.2) is 0 Å². The van der Waals surface area contributed by atoms with Crippen molar-refractivity contribution in [3.8, 4) is 0 Å². The number of nitrogens with zero attached hydrogens (tertiary/aromatic N) is 2. The van der Waals surface area contributed by atoms with Crippen LogP contribution in [0.25, 0.3) is 0 Å². The van der Waals surface area contributed by atoms with Gasteiger partial charge < -0.3 is 10.3 Å². The van der Waals surface area contributed by atoms with Crippen molar-refractivity contribution in [1.82, 2.24) is 9.55 Å². The summed E-state index contributed by atoms with van der Waals surface area (Å²) in [6.07, 6.45) is 4.52. The molecule has 0 aliphatic rings. The number of nitrogens with two attached hydrogens (primary N) is 1. The number of benzene rings is 1. The summed E-state index contributed by atoms with van der Waals surface area (Å²) in [5.41, 5.74) is 8.75. The van der Waals surface area contributed by atoms with Crippen molar-refractivity contribution in [1.29, 1.82) is 0 Å². The van der Waals surface area contributed by atoms with Crippen molar-refractivity contribution in [3.05, 3.63) is 51.1 Å². The minimum Gasteiger partial charge on any atom is -0.338 e. The van der Waals surface area contributed by atoms with Crippen molar-refractivity contribution >= 4 is 22.6 Å². The summed E-state index contributed by atoms with van der Waals surface area (Å²) < 4.78 is 3.27. The van der Waals surface area contributed by atoms with Crippen LogP contribution in [0.2, 0.25) is 0 Å². The second-order valence-electron chi connectivity index (χ2n) is 4.24. The zero-order valence-corrected chi connectivity index (χ0v) is 12.2. The van der Waals surface area contributed by atoms with Crippen LogP contribution < -0.4 is 5.73 Å². The highest BCUT2D eigenvalue weighted by Crippen LogP contribution is 2.23. The van der Waals surface area contributed by atoms with Gasteiger partial charge in [0.2, 0.25) is 0 Å². The molecule has 1 aromatic carbocycles. The lowest BCUT2D eigenvalue weighted by Gasteiger charge is -2.15. The fraction of sp³-hybridized carbons (Fsp3) is 0.308. The molecule has 1 aromatic heterocycles. The zero-order chi connectivity index (χ0) is 12.4. The number of hydrogen-bond acceptors (Lipinski definition) is 2. The van der Waals surface area contributed by atoms with Gasteiger partial charge in [0.1, 0.15) is 5.82 Å². The van der Waals surface area contributed by atoms with Crippen LogP contribution in [0.1, 0.15) is 23.0 Å². The van der Waals surface area contributed by atoms with Crippen LogP contribution in [0.15, 0.2) is 30.6 Å². The predicted molar refractivity (Wildman–Crippen MR) is 77.7 cm³/mol. The average Bonchev–Trinajstić information content (AvgIpc) is 2.68. The minimum absolute atomic E-state index is 0.00269. The summed E-state index contributed by atoms with van der Waals surface area (Å²) in [7, 11) is 2.00. The van der Waals surface area contributed by atoms with E-state index in [1.807, 2.05) is 24.0 Å². The SMILES string of the molecule is Cc1cccc(C(N)Cc2nccn2C)c1I. The molecule has 0 fully saturated rings. The molecule has 0 amide bonds. The van der Waals surface area contributed by atoms with Gasteiger partial charge in [-0.05, 0) is 40.6 Å². The molecule has 1 unspecified atom stereocenters. The van der Waals surface area contributed by atoms with Gasteiger partial charge >= 0.3 is 0 Å². The molecule has 2 aromatic rings. The van der Waals surface area contributed by atoms with Crippen molar-refractivity contribution in [2.75, 3.05) is 0 Å². The Labute approximate surface area is 115 Å². The van der Waals surface area contributed by atoms with Crippen molar-refractivity contribution in [3.63, 3.8) is 0 Å². The van der Waals surface area contributed by atoms with Crippen LogP contribution in [0.4, 0.5) is 0 Å².